The standard InChI is InChI=1S/C16H19NO3S/c1-10-7-12(3)16(13(4)8-10)21(19,20)17-14-5-6-15(18)11(2)9-14/h5-9,17-18H,1-4H3. The molecule has 0 radical (unpaired) electrons. The third-order valence-electron chi connectivity index (χ3n) is 3.32. The van der Waals surface area contributed by atoms with Crippen LogP contribution in [0.5, 0.6) is 5.75 Å². The molecule has 4 nitrogen and oxygen atoms in total. The molecule has 0 aromatic heterocycles. The lowest BCUT2D eigenvalue weighted by atomic mass is 10.1. The van der Waals surface area contributed by atoms with Crippen LogP contribution in [0.25, 0.3) is 0 Å². The van der Waals surface area contributed by atoms with E-state index in [9.17, 15) is 13.5 Å². The van der Waals surface area contributed by atoms with Crippen molar-refractivity contribution in [3.63, 3.8) is 0 Å². The normalized spacial score (nSPS) is 11.4. The zero-order valence-corrected chi connectivity index (χ0v) is 13.4. The highest BCUT2D eigenvalue weighted by Gasteiger charge is 2.20. The van der Waals surface area contributed by atoms with Gasteiger partial charge in [-0.15, -0.1) is 0 Å². The van der Waals surface area contributed by atoms with E-state index < -0.39 is 10.0 Å². The van der Waals surface area contributed by atoms with Gasteiger partial charge < -0.3 is 5.11 Å². The van der Waals surface area contributed by atoms with E-state index in [4.69, 9.17) is 0 Å². The van der Waals surface area contributed by atoms with Crippen molar-refractivity contribution in [3.8, 4) is 5.75 Å². The molecule has 2 aromatic rings. The Hall–Kier alpha value is -2.01. The summed E-state index contributed by atoms with van der Waals surface area (Å²) in [7, 11) is -3.65. The molecule has 2 rings (SSSR count). The fraction of sp³-hybridized carbons (Fsp3) is 0.250. The summed E-state index contributed by atoms with van der Waals surface area (Å²) in [6.45, 7) is 7.23. The molecular weight excluding hydrogens is 286 g/mol. The van der Waals surface area contributed by atoms with Crippen LogP contribution in [0.4, 0.5) is 5.69 Å². The van der Waals surface area contributed by atoms with Gasteiger partial charge in [0.15, 0.2) is 0 Å². The molecule has 0 amide bonds. The van der Waals surface area contributed by atoms with Crippen molar-refractivity contribution >= 4 is 15.7 Å². The van der Waals surface area contributed by atoms with Crippen LogP contribution in [0, 0.1) is 27.7 Å². The monoisotopic (exact) mass is 305 g/mol. The van der Waals surface area contributed by atoms with Crippen LogP contribution in [0.15, 0.2) is 35.2 Å². The van der Waals surface area contributed by atoms with Gasteiger partial charge in [0.05, 0.1) is 4.90 Å². The minimum absolute atomic E-state index is 0.139. The molecule has 5 heteroatoms. The highest BCUT2D eigenvalue weighted by Crippen LogP contribution is 2.26. The Labute approximate surface area is 125 Å². The van der Waals surface area contributed by atoms with E-state index in [-0.39, 0.29) is 5.75 Å². The molecule has 0 aliphatic carbocycles. The highest BCUT2D eigenvalue weighted by molar-refractivity contribution is 7.92. The Balaban J connectivity index is 2.46. The fourth-order valence-electron chi connectivity index (χ4n) is 2.52. The van der Waals surface area contributed by atoms with Gasteiger partial charge in [-0.25, -0.2) is 8.42 Å². The number of nitrogens with one attached hydrogen (secondary N) is 1. The Morgan fingerprint density at radius 2 is 1.48 bits per heavy atom. The summed E-state index contributed by atoms with van der Waals surface area (Å²) in [5.74, 6) is 0.139. The maximum Gasteiger partial charge on any atom is 0.262 e. The number of hydrogen-bond donors (Lipinski definition) is 2. The average Bonchev–Trinajstić information content (AvgIpc) is 2.31. The summed E-state index contributed by atoms with van der Waals surface area (Å²) in [5, 5.41) is 9.50. The maximum absolute atomic E-state index is 12.6. The first-order valence-corrected chi connectivity index (χ1v) is 8.09. The Bertz CT molecular complexity index is 772. The summed E-state index contributed by atoms with van der Waals surface area (Å²) >= 11 is 0. The Morgan fingerprint density at radius 3 is 2.00 bits per heavy atom. The van der Waals surface area contributed by atoms with E-state index in [0.29, 0.717) is 16.1 Å². The first-order chi connectivity index (χ1) is 9.70. The lowest BCUT2D eigenvalue weighted by molar-refractivity contribution is 0.471. The van der Waals surface area contributed by atoms with E-state index in [1.165, 1.54) is 6.07 Å². The van der Waals surface area contributed by atoms with Crippen molar-refractivity contribution in [2.24, 2.45) is 0 Å². The van der Waals surface area contributed by atoms with Crippen LogP contribution in [0.3, 0.4) is 0 Å². The van der Waals surface area contributed by atoms with Gasteiger partial charge in [0, 0.05) is 5.69 Å². The van der Waals surface area contributed by atoms with Gasteiger partial charge in [-0.1, -0.05) is 17.7 Å². The molecule has 0 saturated carbocycles. The number of rotatable bonds is 3. The van der Waals surface area contributed by atoms with E-state index in [1.54, 1.807) is 32.9 Å². The second kappa shape index (κ2) is 5.41. The lowest BCUT2D eigenvalue weighted by Crippen LogP contribution is -2.16. The van der Waals surface area contributed by atoms with E-state index in [2.05, 4.69) is 4.72 Å². The smallest absolute Gasteiger partial charge is 0.262 e. The number of aryl methyl sites for hydroxylation is 4. The molecule has 0 spiro atoms. The summed E-state index contributed by atoms with van der Waals surface area (Å²) < 4.78 is 27.7. The van der Waals surface area contributed by atoms with Gasteiger partial charge in [0.1, 0.15) is 5.75 Å². The van der Waals surface area contributed by atoms with Gasteiger partial charge in [-0.05, 0) is 62.6 Å². The van der Waals surface area contributed by atoms with Gasteiger partial charge in [0.2, 0.25) is 0 Å². The van der Waals surface area contributed by atoms with Crippen molar-refractivity contribution in [2.75, 3.05) is 4.72 Å². The lowest BCUT2D eigenvalue weighted by Gasteiger charge is -2.14. The SMILES string of the molecule is Cc1cc(C)c(S(=O)(=O)Nc2ccc(O)c(C)c2)c(C)c1. The minimum atomic E-state index is -3.65. The number of phenolic OH excluding ortho intramolecular Hbond substituents is 1. The molecular formula is C16H19NO3S. The third-order valence-corrected chi connectivity index (χ3v) is 5.01. The van der Waals surface area contributed by atoms with Crippen LogP contribution < -0.4 is 4.72 Å². The predicted octanol–water partition coefficient (Wildman–Crippen LogP) is 3.43. The van der Waals surface area contributed by atoms with Crippen molar-refractivity contribution < 1.29 is 13.5 Å². The molecule has 2 aromatic carbocycles. The molecule has 112 valence electrons. The zero-order chi connectivity index (χ0) is 15.8. The van der Waals surface area contributed by atoms with Crippen molar-refractivity contribution in [3.05, 3.63) is 52.6 Å². The first-order valence-electron chi connectivity index (χ1n) is 6.61. The number of aromatic hydroxyl groups is 1. The highest BCUT2D eigenvalue weighted by atomic mass is 32.2. The van der Waals surface area contributed by atoms with Crippen molar-refractivity contribution in [2.45, 2.75) is 32.6 Å². The van der Waals surface area contributed by atoms with Gasteiger partial charge in [-0.3, -0.25) is 4.72 Å². The van der Waals surface area contributed by atoms with Crippen molar-refractivity contribution in [1.29, 1.82) is 0 Å². The molecule has 0 saturated heterocycles. The minimum Gasteiger partial charge on any atom is -0.508 e. The molecule has 0 fully saturated rings. The molecule has 0 atom stereocenters. The molecule has 21 heavy (non-hydrogen) atoms. The largest absolute Gasteiger partial charge is 0.508 e. The van der Waals surface area contributed by atoms with Crippen LogP contribution in [-0.2, 0) is 10.0 Å². The zero-order valence-electron chi connectivity index (χ0n) is 12.6. The predicted molar refractivity (Wildman–Crippen MR) is 84.3 cm³/mol. The molecule has 2 N–H and O–H groups in total. The number of phenols is 1. The average molecular weight is 305 g/mol. The second-order valence-electron chi connectivity index (χ2n) is 5.33. The molecule has 0 aliphatic heterocycles. The second-order valence-corrected chi connectivity index (χ2v) is 6.95. The summed E-state index contributed by atoms with van der Waals surface area (Å²) in [6, 6.07) is 8.32. The van der Waals surface area contributed by atoms with Gasteiger partial charge >= 0.3 is 0 Å². The van der Waals surface area contributed by atoms with E-state index in [0.717, 1.165) is 16.7 Å². The molecule has 0 heterocycles. The number of benzene rings is 2. The van der Waals surface area contributed by atoms with Gasteiger partial charge in [0.25, 0.3) is 10.0 Å². The van der Waals surface area contributed by atoms with Gasteiger partial charge in [-0.2, -0.15) is 0 Å². The molecule has 0 bridgehead atoms. The maximum atomic E-state index is 12.6. The van der Waals surface area contributed by atoms with Crippen LogP contribution in [0.2, 0.25) is 0 Å². The van der Waals surface area contributed by atoms with E-state index >= 15 is 0 Å². The first kappa shape index (κ1) is 15.4. The van der Waals surface area contributed by atoms with Crippen LogP contribution >= 0.6 is 0 Å². The Morgan fingerprint density at radius 1 is 0.905 bits per heavy atom. The quantitative estimate of drug-likeness (QED) is 0.854. The Kier molecular flexibility index (Phi) is 3.96. The fourth-order valence-corrected chi connectivity index (χ4v) is 4.02. The number of sulfonamides is 1. The topological polar surface area (TPSA) is 66.4 Å². The number of hydrogen-bond acceptors (Lipinski definition) is 3. The summed E-state index contributed by atoms with van der Waals surface area (Å²) in [5.41, 5.74) is 3.52. The summed E-state index contributed by atoms with van der Waals surface area (Å²) in [6.07, 6.45) is 0. The molecule has 0 aliphatic rings. The van der Waals surface area contributed by atoms with Crippen molar-refractivity contribution in [1.82, 2.24) is 0 Å². The van der Waals surface area contributed by atoms with E-state index in [1.807, 2.05) is 19.1 Å². The number of anilines is 1. The van der Waals surface area contributed by atoms with Crippen LogP contribution in [-0.4, -0.2) is 13.5 Å². The third kappa shape index (κ3) is 3.19. The molecule has 0 unspecified atom stereocenters. The van der Waals surface area contributed by atoms with Crippen LogP contribution in [0.1, 0.15) is 22.3 Å². The summed E-state index contributed by atoms with van der Waals surface area (Å²) in [4.78, 5) is 0.304.